The van der Waals surface area contributed by atoms with Gasteiger partial charge in [-0.2, -0.15) is 5.10 Å². The van der Waals surface area contributed by atoms with Crippen LogP contribution in [0.4, 0.5) is 0 Å². The van der Waals surface area contributed by atoms with Crippen LogP contribution in [0.3, 0.4) is 0 Å². The number of hydrogen-bond acceptors (Lipinski definition) is 4. The first-order valence-electron chi connectivity index (χ1n) is 7.90. The van der Waals surface area contributed by atoms with Gasteiger partial charge in [0.05, 0.1) is 11.8 Å². The summed E-state index contributed by atoms with van der Waals surface area (Å²) in [5.74, 6) is 0.481. The van der Waals surface area contributed by atoms with E-state index < -0.39 is 0 Å². The van der Waals surface area contributed by atoms with Crippen molar-refractivity contribution < 1.29 is 9.53 Å². The highest BCUT2D eigenvalue weighted by Crippen LogP contribution is 2.25. The van der Waals surface area contributed by atoms with E-state index >= 15 is 0 Å². The van der Waals surface area contributed by atoms with E-state index in [1.165, 1.54) is 6.42 Å². The maximum atomic E-state index is 11.9. The van der Waals surface area contributed by atoms with Crippen LogP contribution in [0.5, 0.6) is 0 Å². The van der Waals surface area contributed by atoms with Crippen LogP contribution in [0.25, 0.3) is 0 Å². The molecule has 0 bridgehead atoms. The third-order valence-electron chi connectivity index (χ3n) is 4.40. The number of hydrogen-bond donors (Lipinski definition) is 2. The summed E-state index contributed by atoms with van der Waals surface area (Å²) in [7, 11) is 0. The molecule has 122 valence electrons. The Morgan fingerprint density at radius 1 is 1.41 bits per heavy atom. The molecule has 2 rings (SSSR count). The minimum Gasteiger partial charge on any atom is -0.368 e. The second kappa shape index (κ2) is 7.54. The standard InChI is InChI=1S/C16H25N3O3/c1-10-5-4-6-13(7-10)22-9-15(20)17-8-14-11(2)12(3)18-19-16(14)21/h10,13H,4-9H2,1-3H3,(H,17,20)(H,19,21)/t10-,13-/m0/s1. The molecule has 6 nitrogen and oxygen atoms in total. The van der Waals surface area contributed by atoms with Gasteiger partial charge < -0.3 is 10.1 Å². The van der Waals surface area contributed by atoms with Crippen LogP contribution < -0.4 is 10.9 Å². The number of nitrogens with one attached hydrogen (secondary N) is 2. The monoisotopic (exact) mass is 307 g/mol. The first kappa shape index (κ1) is 16.7. The molecule has 1 fully saturated rings. The maximum Gasteiger partial charge on any atom is 0.269 e. The zero-order chi connectivity index (χ0) is 16.1. The quantitative estimate of drug-likeness (QED) is 0.865. The van der Waals surface area contributed by atoms with Crippen LogP contribution in [0, 0.1) is 19.8 Å². The Balaban J connectivity index is 1.81. The van der Waals surface area contributed by atoms with E-state index in [2.05, 4.69) is 22.4 Å². The summed E-state index contributed by atoms with van der Waals surface area (Å²) >= 11 is 0. The molecule has 0 saturated heterocycles. The van der Waals surface area contributed by atoms with Crippen molar-refractivity contribution in [1.82, 2.24) is 15.5 Å². The number of aromatic nitrogens is 2. The summed E-state index contributed by atoms with van der Waals surface area (Å²) in [4.78, 5) is 23.6. The van der Waals surface area contributed by atoms with Gasteiger partial charge >= 0.3 is 0 Å². The van der Waals surface area contributed by atoms with Crippen LogP contribution in [0.1, 0.15) is 49.4 Å². The van der Waals surface area contributed by atoms with Gasteiger partial charge in [-0.25, -0.2) is 5.10 Å². The molecule has 1 aliphatic carbocycles. The van der Waals surface area contributed by atoms with E-state index in [4.69, 9.17) is 4.74 Å². The Bertz CT molecular complexity index is 582. The number of nitrogens with zero attached hydrogens (tertiary/aromatic N) is 1. The van der Waals surface area contributed by atoms with E-state index in [9.17, 15) is 9.59 Å². The van der Waals surface area contributed by atoms with Crippen molar-refractivity contribution in [2.24, 2.45) is 5.92 Å². The number of H-pyrrole nitrogens is 1. The SMILES string of the molecule is Cc1n[nH]c(=O)c(CNC(=O)CO[C@H]2CCC[C@H](C)C2)c1C. The van der Waals surface area contributed by atoms with E-state index in [0.717, 1.165) is 30.5 Å². The summed E-state index contributed by atoms with van der Waals surface area (Å²) in [5.41, 5.74) is 1.86. The average Bonchev–Trinajstić information content (AvgIpc) is 2.49. The molecule has 1 amide bonds. The van der Waals surface area contributed by atoms with Crippen LogP contribution in [0.15, 0.2) is 4.79 Å². The molecule has 1 aromatic rings. The number of rotatable bonds is 5. The third-order valence-corrected chi connectivity index (χ3v) is 4.40. The lowest BCUT2D eigenvalue weighted by Gasteiger charge is -2.26. The van der Waals surface area contributed by atoms with E-state index in [0.29, 0.717) is 11.5 Å². The second-order valence-corrected chi connectivity index (χ2v) is 6.22. The molecule has 1 heterocycles. The van der Waals surface area contributed by atoms with E-state index in [1.54, 1.807) is 0 Å². The van der Waals surface area contributed by atoms with Crippen LogP contribution in [-0.2, 0) is 16.1 Å². The molecule has 1 aliphatic rings. The first-order valence-corrected chi connectivity index (χ1v) is 7.90. The fraction of sp³-hybridized carbons (Fsp3) is 0.688. The van der Waals surface area contributed by atoms with Crippen LogP contribution >= 0.6 is 0 Å². The number of carbonyl (C=O) groups excluding carboxylic acids is 1. The minimum absolute atomic E-state index is 0.0540. The van der Waals surface area contributed by atoms with Gasteiger partial charge in [-0.15, -0.1) is 0 Å². The second-order valence-electron chi connectivity index (χ2n) is 6.22. The lowest BCUT2D eigenvalue weighted by molar-refractivity contribution is -0.128. The molecule has 1 aromatic heterocycles. The van der Waals surface area contributed by atoms with Crippen molar-refractivity contribution in [3.63, 3.8) is 0 Å². The van der Waals surface area contributed by atoms with Gasteiger partial charge in [0, 0.05) is 12.1 Å². The molecular weight excluding hydrogens is 282 g/mol. The smallest absolute Gasteiger partial charge is 0.269 e. The molecule has 0 unspecified atom stereocenters. The Morgan fingerprint density at radius 3 is 2.91 bits per heavy atom. The van der Waals surface area contributed by atoms with Crippen LogP contribution in [-0.4, -0.2) is 28.8 Å². The van der Waals surface area contributed by atoms with Gasteiger partial charge in [0.15, 0.2) is 0 Å². The molecule has 2 N–H and O–H groups in total. The van der Waals surface area contributed by atoms with Crippen molar-refractivity contribution in [3.05, 3.63) is 27.2 Å². The maximum absolute atomic E-state index is 11.9. The molecule has 1 saturated carbocycles. The van der Waals surface area contributed by atoms with Crippen molar-refractivity contribution >= 4 is 5.91 Å². The molecule has 0 aliphatic heterocycles. The third kappa shape index (κ3) is 4.40. The Labute approximate surface area is 130 Å². The molecule has 0 spiro atoms. The fourth-order valence-electron chi connectivity index (χ4n) is 2.85. The number of carbonyl (C=O) groups is 1. The van der Waals surface area contributed by atoms with Crippen LogP contribution in [0.2, 0.25) is 0 Å². The van der Waals surface area contributed by atoms with Gasteiger partial charge in [0.2, 0.25) is 5.91 Å². The Hall–Kier alpha value is -1.69. The molecule has 22 heavy (non-hydrogen) atoms. The average molecular weight is 307 g/mol. The Kier molecular flexibility index (Phi) is 5.71. The van der Waals surface area contributed by atoms with Gasteiger partial charge in [0.25, 0.3) is 5.56 Å². The first-order chi connectivity index (χ1) is 10.5. The highest BCUT2D eigenvalue weighted by molar-refractivity contribution is 5.77. The Morgan fingerprint density at radius 2 is 2.18 bits per heavy atom. The van der Waals surface area contributed by atoms with Gasteiger partial charge in [-0.05, 0) is 38.2 Å². The molecule has 0 radical (unpaired) electrons. The number of aromatic amines is 1. The number of aryl methyl sites for hydroxylation is 1. The molecular formula is C16H25N3O3. The lowest BCUT2D eigenvalue weighted by Crippen LogP contribution is -2.33. The van der Waals surface area contributed by atoms with E-state index in [1.807, 2.05) is 13.8 Å². The molecule has 6 heteroatoms. The van der Waals surface area contributed by atoms with Gasteiger partial charge in [-0.1, -0.05) is 19.8 Å². The number of amides is 1. The van der Waals surface area contributed by atoms with E-state index in [-0.39, 0.29) is 30.7 Å². The lowest BCUT2D eigenvalue weighted by atomic mass is 9.89. The molecule has 0 aromatic carbocycles. The largest absolute Gasteiger partial charge is 0.368 e. The summed E-state index contributed by atoms with van der Waals surface area (Å²) in [5, 5.41) is 9.08. The minimum atomic E-state index is -0.259. The zero-order valence-electron chi connectivity index (χ0n) is 13.6. The summed E-state index contributed by atoms with van der Waals surface area (Å²) in [6.45, 7) is 6.13. The normalized spacial score (nSPS) is 21.6. The topological polar surface area (TPSA) is 84.1 Å². The number of ether oxygens (including phenoxy) is 1. The summed E-state index contributed by atoms with van der Waals surface area (Å²) in [6, 6.07) is 0. The van der Waals surface area contributed by atoms with Crippen molar-refractivity contribution in [1.29, 1.82) is 0 Å². The fourth-order valence-corrected chi connectivity index (χ4v) is 2.85. The van der Waals surface area contributed by atoms with Crippen molar-refractivity contribution in [3.8, 4) is 0 Å². The molecule has 2 atom stereocenters. The van der Waals surface area contributed by atoms with Gasteiger partial charge in [-0.3, -0.25) is 9.59 Å². The zero-order valence-corrected chi connectivity index (χ0v) is 13.6. The van der Waals surface area contributed by atoms with Crippen molar-refractivity contribution in [2.45, 2.75) is 59.1 Å². The highest BCUT2D eigenvalue weighted by Gasteiger charge is 2.20. The van der Waals surface area contributed by atoms with Gasteiger partial charge in [0.1, 0.15) is 6.61 Å². The summed E-state index contributed by atoms with van der Waals surface area (Å²) < 4.78 is 5.68. The van der Waals surface area contributed by atoms with Crippen molar-refractivity contribution in [2.75, 3.05) is 6.61 Å². The summed E-state index contributed by atoms with van der Waals surface area (Å²) in [6.07, 6.45) is 4.64. The predicted molar refractivity (Wildman–Crippen MR) is 83.6 cm³/mol. The predicted octanol–water partition coefficient (Wildman–Crippen LogP) is 1.60. The highest BCUT2D eigenvalue weighted by atomic mass is 16.5.